The molecule has 0 saturated heterocycles. The summed E-state index contributed by atoms with van der Waals surface area (Å²) in [5.41, 5.74) is 1.30. The van der Waals surface area contributed by atoms with E-state index >= 15 is 0 Å². The molecule has 1 nitrogen and oxygen atoms in total. The number of hydrogen-bond donors (Lipinski definition) is 0. The third-order valence-corrected chi connectivity index (χ3v) is 3.68. The second kappa shape index (κ2) is 5.56. The lowest BCUT2D eigenvalue weighted by Gasteiger charge is -2.02. The lowest BCUT2D eigenvalue weighted by Crippen LogP contribution is -2.03. The van der Waals surface area contributed by atoms with Crippen LogP contribution in [0.2, 0.25) is 0 Å². The monoisotopic (exact) mass is 312 g/mol. The summed E-state index contributed by atoms with van der Waals surface area (Å²) in [6.45, 7) is 0. The molecule has 0 unspecified atom stereocenters. The molecule has 17 heavy (non-hydrogen) atoms. The fourth-order valence-electron chi connectivity index (χ4n) is 1.54. The standard InChI is InChI=1S/C13H10BrFOS/c14-10-2-3-11(12(15)7-10)13(16)4-1-9-5-6-17-8-9/h2-3,5-8H,1,4H2. The molecule has 0 atom stereocenters. The van der Waals surface area contributed by atoms with E-state index in [1.165, 1.54) is 12.1 Å². The third-order valence-electron chi connectivity index (χ3n) is 2.45. The van der Waals surface area contributed by atoms with Gasteiger partial charge >= 0.3 is 0 Å². The van der Waals surface area contributed by atoms with Gasteiger partial charge < -0.3 is 0 Å². The van der Waals surface area contributed by atoms with Crippen LogP contribution in [0.4, 0.5) is 4.39 Å². The second-order valence-corrected chi connectivity index (χ2v) is 5.37. The van der Waals surface area contributed by atoms with Crippen LogP contribution >= 0.6 is 27.3 Å². The molecule has 1 heterocycles. The van der Waals surface area contributed by atoms with Crippen LogP contribution in [0.25, 0.3) is 0 Å². The normalized spacial score (nSPS) is 10.5. The zero-order valence-corrected chi connectivity index (χ0v) is 11.4. The topological polar surface area (TPSA) is 17.1 Å². The Balaban J connectivity index is 2.04. The van der Waals surface area contributed by atoms with Crippen molar-refractivity contribution < 1.29 is 9.18 Å². The molecular formula is C13H10BrFOS. The van der Waals surface area contributed by atoms with Crippen LogP contribution in [0.3, 0.4) is 0 Å². The fraction of sp³-hybridized carbons (Fsp3) is 0.154. The Hall–Kier alpha value is -1.00. The number of rotatable bonds is 4. The van der Waals surface area contributed by atoms with Gasteiger partial charge in [-0.15, -0.1) is 0 Å². The zero-order valence-electron chi connectivity index (χ0n) is 8.95. The van der Waals surface area contributed by atoms with Crippen molar-refractivity contribution in [3.05, 3.63) is 56.4 Å². The Morgan fingerprint density at radius 1 is 1.35 bits per heavy atom. The summed E-state index contributed by atoms with van der Waals surface area (Å²) in [5, 5.41) is 3.98. The Labute approximate surface area is 111 Å². The van der Waals surface area contributed by atoms with E-state index in [0.717, 1.165) is 5.56 Å². The predicted molar refractivity (Wildman–Crippen MR) is 71.1 cm³/mol. The minimum absolute atomic E-state index is 0.152. The van der Waals surface area contributed by atoms with E-state index in [9.17, 15) is 9.18 Å². The van der Waals surface area contributed by atoms with Gasteiger partial charge in [-0.05, 0) is 47.0 Å². The van der Waals surface area contributed by atoms with Gasteiger partial charge in [-0.25, -0.2) is 4.39 Å². The van der Waals surface area contributed by atoms with E-state index in [-0.39, 0.29) is 11.3 Å². The molecule has 0 aliphatic rings. The largest absolute Gasteiger partial charge is 0.294 e. The van der Waals surface area contributed by atoms with Gasteiger partial charge in [0.1, 0.15) is 5.82 Å². The molecule has 1 aromatic carbocycles. The maximum absolute atomic E-state index is 13.5. The summed E-state index contributed by atoms with van der Waals surface area (Å²) in [5.74, 6) is -0.615. The van der Waals surface area contributed by atoms with Crippen LogP contribution < -0.4 is 0 Å². The van der Waals surface area contributed by atoms with Crippen molar-refractivity contribution in [1.82, 2.24) is 0 Å². The number of benzene rings is 1. The van der Waals surface area contributed by atoms with Gasteiger partial charge in [0, 0.05) is 10.9 Å². The van der Waals surface area contributed by atoms with Gasteiger partial charge in [0.25, 0.3) is 0 Å². The van der Waals surface area contributed by atoms with Crippen molar-refractivity contribution in [3.8, 4) is 0 Å². The molecule has 1 aromatic heterocycles. The molecular weight excluding hydrogens is 303 g/mol. The van der Waals surface area contributed by atoms with Gasteiger partial charge in [-0.3, -0.25) is 4.79 Å². The first-order chi connectivity index (χ1) is 8.16. The van der Waals surface area contributed by atoms with Crippen LogP contribution in [0.15, 0.2) is 39.5 Å². The second-order valence-electron chi connectivity index (χ2n) is 3.68. The lowest BCUT2D eigenvalue weighted by molar-refractivity contribution is 0.0979. The van der Waals surface area contributed by atoms with Crippen LogP contribution in [0, 0.1) is 5.82 Å². The molecule has 0 radical (unpaired) electrons. The molecule has 88 valence electrons. The molecule has 0 fully saturated rings. The highest BCUT2D eigenvalue weighted by Gasteiger charge is 2.11. The minimum atomic E-state index is -0.463. The summed E-state index contributed by atoms with van der Waals surface area (Å²) >= 11 is 4.77. The van der Waals surface area contributed by atoms with Gasteiger partial charge in [0.15, 0.2) is 5.78 Å². The first-order valence-corrected chi connectivity index (χ1v) is 6.90. The number of hydrogen-bond acceptors (Lipinski definition) is 2. The maximum atomic E-state index is 13.5. The van der Waals surface area contributed by atoms with Crippen LogP contribution in [-0.2, 0) is 6.42 Å². The average molecular weight is 313 g/mol. The highest BCUT2D eigenvalue weighted by molar-refractivity contribution is 9.10. The number of thiophene rings is 1. The molecule has 2 rings (SSSR count). The smallest absolute Gasteiger partial charge is 0.166 e. The van der Waals surface area contributed by atoms with E-state index in [1.807, 2.05) is 16.8 Å². The van der Waals surface area contributed by atoms with Crippen LogP contribution in [0.1, 0.15) is 22.3 Å². The van der Waals surface area contributed by atoms with Crippen molar-refractivity contribution >= 4 is 33.0 Å². The quantitative estimate of drug-likeness (QED) is 0.761. The number of Topliss-reactive ketones (excluding diaryl/α,β-unsaturated/α-hetero) is 1. The maximum Gasteiger partial charge on any atom is 0.166 e. The summed E-state index contributed by atoms with van der Waals surface area (Å²) in [4.78, 5) is 11.8. The first kappa shape index (κ1) is 12.5. The van der Waals surface area contributed by atoms with E-state index in [4.69, 9.17) is 0 Å². The van der Waals surface area contributed by atoms with Gasteiger partial charge in [-0.1, -0.05) is 15.9 Å². The lowest BCUT2D eigenvalue weighted by atomic mass is 10.0. The number of carbonyl (C=O) groups excluding carboxylic acids is 1. The van der Waals surface area contributed by atoms with Crippen molar-refractivity contribution in [1.29, 1.82) is 0 Å². The van der Waals surface area contributed by atoms with Gasteiger partial charge in [0.05, 0.1) is 5.56 Å². The van der Waals surface area contributed by atoms with E-state index in [1.54, 1.807) is 17.4 Å². The number of halogens is 2. The Kier molecular flexibility index (Phi) is 4.07. The van der Waals surface area contributed by atoms with Gasteiger partial charge in [0.2, 0.25) is 0 Å². The molecule has 4 heteroatoms. The summed E-state index contributed by atoms with van der Waals surface area (Å²) < 4.78 is 14.2. The fourth-order valence-corrected chi connectivity index (χ4v) is 2.58. The van der Waals surface area contributed by atoms with Crippen molar-refractivity contribution in [2.45, 2.75) is 12.8 Å². The SMILES string of the molecule is O=C(CCc1ccsc1)c1ccc(Br)cc1F. The summed E-state index contributed by atoms with van der Waals surface area (Å²) in [6.07, 6.45) is 1.01. The molecule has 0 N–H and O–H groups in total. The van der Waals surface area contributed by atoms with Crippen molar-refractivity contribution in [2.75, 3.05) is 0 Å². The van der Waals surface area contributed by atoms with Crippen LogP contribution in [-0.4, -0.2) is 5.78 Å². The average Bonchev–Trinajstić information content (AvgIpc) is 2.78. The molecule has 0 amide bonds. The third kappa shape index (κ3) is 3.23. The summed E-state index contributed by atoms with van der Waals surface area (Å²) in [7, 11) is 0. The van der Waals surface area contributed by atoms with Crippen LogP contribution in [0.5, 0.6) is 0 Å². The van der Waals surface area contributed by atoms with E-state index < -0.39 is 5.82 Å². The predicted octanol–water partition coefficient (Wildman–Crippen LogP) is 4.47. The van der Waals surface area contributed by atoms with E-state index in [2.05, 4.69) is 15.9 Å². The molecule has 0 saturated carbocycles. The van der Waals surface area contributed by atoms with Gasteiger partial charge in [-0.2, -0.15) is 11.3 Å². The molecule has 0 aliphatic carbocycles. The highest BCUT2D eigenvalue weighted by atomic mass is 79.9. The number of ketones is 1. The van der Waals surface area contributed by atoms with Crippen molar-refractivity contribution in [3.63, 3.8) is 0 Å². The first-order valence-electron chi connectivity index (χ1n) is 5.16. The highest BCUT2D eigenvalue weighted by Crippen LogP contribution is 2.18. The Morgan fingerprint density at radius 3 is 2.82 bits per heavy atom. The Morgan fingerprint density at radius 2 is 2.18 bits per heavy atom. The molecule has 2 aromatic rings. The minimum Gasteiger partial charge on any atom is -0.294 e. The molecule has 0 bridgehead atoms. The van der Waals surface area contributed by atoms with Crippen molar-refractivity contribution in [2.24, 2.45) is 0 Å². The number of aryl methyl sites for hydroxylation is 1. The molecule has 0 aliphatic heterocycles. The van der Waals surface area contributed by atoms with E-state index in [0.29, 0.717) is 17.3 Å². The Bertz CT molecular complexity index is 522. The zero-order chi connectivity index (χ0) is 12.3. The number of carbonyl (C=O) groups is 1. The molecule has 0 spiro atoms. The summed E-state index contributed by atoms with van der Waals surface area (Å²) in [6, 6.07) is 6.50.